The molecule has 0 unspecified atom stereocenters. The van der Waals surface area contributed by atoms with Crippen molar-refractivity contribution in [2.75, 3.05) is 7.11 Å². The van der Waals surface area contributed by atoms with Gasteiger partial charge in [-0.1, -0.05) is 73.3 Å². The van der Waals surface area contributed by atoms with Gasteiger partial charge in [-0.05, 0) is 17.7 Å². The molecule has 0 saturated heterocycles. The quantitative estimate of drug-likeness (QED) is 0.525. The number of hydrogen-bond donors (Lipinski definition) is 0. The smallest absolute Gasteiger partial charge is 0.194 e. The van der Waals surface area contributed by atoms with E-state index in [1.165, 1.54) is 0 Å². The lowest BCUT2D eigenvalue weighted by molar-refractivity contribution is 0.0979. The number of carbonyl (C=O) groups excluding carboxylic acids is 2. The fraction of sp³-hybridized carbons (Fsp3) is 0.0435. The number of benzene rings is 3. The van der Waals surface area contributed by atoms with Gasteiger partial charge in [-0.25, -0.2) is 0 Å². The fourth-order valence-corrected chi connectivity index (χ4v) is 2.79. The first-order valence-electron chi connectivity index (χ1n) is 8.19. The first kappa shape index (κ1) is 17.4. The average molecular weight is 342 g/mol. The third kappa shape index (κ3) is 3.33. The Morgan fingerprint density at radius 2 is 1.08 bits per heavy atom. The second-order valence-corrected chi connectivity index (χ2v) is 5.73. The van der Waals surface area contributed by atoms with Crippen LogP contribution in [-0.2, 0) is 0 Å². The highest BCUT2D eigenvalue weighted by atomic mass is 16.5. The summed E-state index contributed by atoms with van der Waals surface area (Å²) in [5.74, 6) is 0.752. The number of ether oxygens (including phenoxy) is 1. The molecule has 3 aromatic carbocycles. The van der Waals surface area contributed by atoms with Crippen LogP contribution in [0.25, 0.3) is 6.08 Å². The second kappa shape index (κ2) is 7.62. The van der Waals surface area contributed by atoms with E-state index in [0.717, 1.165) is 11.3 Å². The minimum Gasteiger partial charge on any atom is -0.497 e. The number of methoxy groups -OCH3 is 1. The van der Waals surface area contributed by atoms with Crippen LogP contribution in [0.15, 0.2) is 79.4 Å². The molecule has 0 aliphatic heterocycles. The van der Waals surface area contributed by atoms with Crippen LogP contribution in [0.5, 0.6) is 5.75 Å². The minimum absolute atomic E-state index is 0.0641. The van der Waals surface area contributed by atoms with Gasteiger partial charge in [0.05, 0.1) is 7.11 Å². The highest BCUT2D eigenvalue weighted by molar-refractivity contribution is 6.28. The zero-order valence-corrected chi connectivity index (χ0v) is 14.4. The van der Waals surface area contributed by atoms with Crippen LogP contribution in [0.3, 0.4) is 0 Å². The summed E-state index contributed by atoms with van der Waals surface area (Å²) in [6, 6.07) is 21.7. The van der Waals surface area contributed by atoms with Crippen LogP contribution >= 0.6 is 0 Å². The molecule has 0 amide bonds. The minimum atomic E-state index is -0.0641. The van der Waals surface area contributed by atoms with Crippen LogP contribution in [0.2, 0.25) is 0 Å². The molecule has 0 spiro atoms. The molecule has 4 rings (SSSR count). The average Bonchev–Trinajstić information content (AvgIpc) is 2.72. The molecular formula is C23H18O3. The van der Waals surface area contributed by atoms with Crippen molar-refractivity contribution >= 4 is 17.6 Å². The number of rotatable bonds is 2. The molecule has 3 aromatic rings. The van der Waals surface area contributed by atoms with E-state index >= 15 is 0 Å². The first-order valence-corrected chi connectivity index (χ1v) is 8.19. The molecule has 0 saturated carbocycles. The third-order valence-electron chi connectivity index (χ3n) is 4.18. The van der Waals surface area contributed by atoms with Gasteiger partial charge >= 0.3 is 0 Å². The maximum Gasteiger partial charge on any atom is 0.194 e. The predicted octanol–water partition coefficient (Wildman–Crippen LogP) is 4.80. The van der Waals surface area contributed by atoms with Crippen LogP contribution in [-0.4, -0.2) is 18.7 Å². The molecule has 0 fully saturated rings. The Bertz CT molecular complexity index is 863. The van der Waals surface area contributed by atoms with Gasteiger partial charge in [0.25, 0.3) is 0 Å². The molecular weight excluding hydrogens is 324 g/mol. The van der Waals surface area contributed by atoms with Crippen molar-refractivity contribution < 1.29 is 14.3 Å². The SMILES string of the molecule is C=Cc1ccc(OC)cc1.O=C1c2ccccc2C(=O)c2ccccc21. The van der Waals surface area contributed by atoms with Gasteiger partial charge < -0.3 is 4.74 Å². The largest absolute Gasteiger partial charge is 0.497 e. The topological polar surface area (TPSA) is 43.4 Å². The monoisotopic (exact) mass is 342 g/mol. The van der Waals surface area contributed by atoms with Crippen molar-refractivity contribution in [2.45, 2.75) is 0 Å². The standard InChI is InChI=1S/C14H8O2.C9H10O/c15-13-9-5-1-2-6-10(9)14(16)12-8-4-3-7-11(12)13;1-3-8-4-6-9(10-2)7-5-8/h1-8H;3-7H,1H2,2H3. The predicted molar refractivity (Wildman–Crippen MR) is 103 cm³/mol. The van der Waals surface area contributed by atoms with Crippen molar-refractivity contribution in [3.8, 4) is 5.75 Å². The Balaban J connectivity index is 0.000000170. The van der Waals surface area contributed by atoms with Crippen LogP contribution in [0.1, 0.15) is 37.4 Å². The summed E-state index contributed by atoms with van der Waals surface area (Å²) >= 11 is 0. The summed E-state index contributed by atoms with van der Waals surface area (Å²) in [6.45, 7) is 3.65. The Labute approximate surface area is 152 Å². The van der Waals surface area contributed by atoms with Crippen molar-refractivity contribution in [1.29, 1.82) is 0 Å². The third-order valence-corrected chi connectivity index (χ3v) is 4.18. The van der Waals surface area contributed by atoms with E-state index in [4.69, 9.17) is 4.74 Å². The molecule has 26 heavy (non-hydrogen) atoms. The fourth-order valence-electron chi connectivity index (χ4n) is 2.79. The summed E-state index contributed by atoms with van der Waals surface area (Å²) in [7, 11) is 1.66. The van der Waals surface area contributed by atoms with Crippen molar-refractivity contribution in [3.05, 3.63) is 107 Å². The van der Waals surface area contributed by atoms with Crippen molar-refractivity contribution in [3.63, 3.8) is 0 Å². The van der Waals surface area contributed by atoms with Gasteiger partial charge in [0.2, 0.25) is 0 Å². The number of carbonyl (C=O) groups is 2. The van der Waals surface area contributed by atoms with Gasteiger partial charge in [0.15, 0.2) is 11.6 Å². The summed E-state index contributed by atoms with van der Waals surface area (Å²) < 4.78 is 4.98. The molecule has 0 aromatic heterocycles. The zero-order valence-electron chi connectivity index (χ0n) is 14.4. The highest BCUT2D eigenvalue weighted by Crippen LogP contribution is 2.26. The van der Waals surface area contributed by atoms with Gasteiger partial charge in [0.1, 0.15) is 5.75 Å². The molecule has 1 aliphatic rings. The van der Waals surface area contributed by atoms with Gasteiger partial charge in [-0.15, -0.1) is 0 Å². The Kier molecular flexibility index (Phi) is 5.09. The van der Waals surface area contributed by atoms with Crippen molar-refractivity contribution in [2.24, 2.45) is 0 Å². The van der Waals surface area contributed by atoms with E-state index in [1.807, 2.05) is 24.3 Å². The summed E-state index contributed by atoms with van der Waals surface area (Å²) in [5.41, 5.74) is 3.13. The number of ketones is 2. The lowest BCUT2D eigenvalue weighted by Crippen LogP contribution is -2.20. The van der Waals surface area contributed by atoms with Crippen LogP contribution in [0, 0.1) is 0 Å². The first-order chi connectivity index (χ1) is 12.7. The van der Waals surface area contributed by atoms with E-state index in [9.17, 15) is 9.59 Å². The van der Waals surface area contributed by atoms with Gasteiger partial charge in [-0.3, -0.25) is 9.59 Å². The Hall–Kier alpha value is -3.46. The maximum absolute atomic E-state index is 12.1. The number of fused-ring (bicyclic) bond motifs is 2. The van der Waals surface area contributed by atoms with Crippen LogP contribution in [0.4, 0.5) is 0 Å². The van der Waals surface area contributed by atoms with Crippen LogP contribution < -0.4 is 4.74 Å². The number of hydrogen-bond acceptors (Lipinski definition) is 3. The molecule has 0 heterocycles. The molecule has 0 atom stereocenters. The van der Waals surface area contributed by atoms with E-state index in [0.29, 0.717) is 22.3 Å². The Morgan fingerprint density at radius 3 is 1.38 bits per heavy atom. The summed E-state index contributed by atoms with van der Waals surface area (Å²) in [4.78, 5) is 24.2. The maximum atomic E-state index is 12.1. The lowest BCUT2D eigenvalue weighted by atomic mass is 9.84. The molecule has 0 bridgehead atoms. The highest BCUT2D eigenvalue weighted by Gasteiger charge is 2.28. The van der Waals surface area contributed by atoms with Crippen molar-refractivity contribution in [1.82, 2.24) is 0 Å². The van der Waals surface area contributed by atoms with Gasteiger partial charge in [-0.2, -0.15) is 0 Å². The molecule has 0 N–H and O–H groups in total. The lowest BCUT2D eigenvalue weighted by Gasteiger charge is -2.16. The summed E-state index contributed by atoms with van der Waals surface area (Å²) in [6.07, 6.45) is 1.80. The van der Waals surface area contributed by atoms with E-state index in [2.05, 4.69) is 6.58 Å². The molecule has 128 valence electrons. The van der Waals surface area contributed by atoms with E-state index < -0.39 is 0 Å². The molecule has 3 nitrogen and oxygen atoms in total. The van der Waals surface area contributed by atoms with E-state index in [-0.39, 0.29) is 11.6 Å². The molecule has 3 heteroatoms. The van der Waals surface area contributed by atoms with Gasteiger partial charge in [0, 0.05) is 22.3 Å². The molecule has 1 aliphatic carbocycles. The zero-order chi connectivity index (χ0) is 18.5. The second-order valence-electron chi connectivity index (χ2n) is 5.73. The normalized spacial score (nSPS) is 11.6. The van der Waals surface area contributed by atoms with E-state index in [1.54, 1.807) is 61.7 Å². The molecule has 0 radical (unpaired) electrons. The summed E-state index contributed by atoms with van der Waals surface area (Å²) in [5, 5.41) is 0. The Morgan fingerprint density at radius 1 is 0.692 bits per heavy atom.